The zero-order valence-corrected chi connectivity index (χ0v) is 10.1. The number of nitrogens with two attached hydrogens (primary N) is 1. The van der Waals surface area contributed by atoms with E-state index in [9.17, 15) is 0 Å². The smallest absolute Gasteiger partial charge is 0.0957 e. The first-order valence-electron chi connectivity index (χ1n) is 5.67. The number of ether oxygens (including phenoxy) is 2. The molecule has 0 heterocycles. The predicted octanol–water partition coefficient (Wildman–Crippen LogP) is 0.774. The van der Waals surface area contributed by atoms with Crippen molar-refractivity contribution < 1.29 is 14.6 Å². The lowest BCUT2D eigenvalue weighted by atomic mass is 10.0. The molecule has 0 amide bonds. The van der Waals surface area contributed by atoms with Gasteiger partial charge in [-0.15, -0.1) is 0 Å². The SMILES string of the molecule is CCOCCOC(CO)C(N)CC(C)C. The van der Waals surface area contributed by atoms with E-state index in [0.717, 1.165) is 6.42 Å². The van der Waals surface area contributed by atoms with Crippen LogP contribution in [-0.4, -0.2) is 43.7 Å². The zero-order chi connectivity index (χ0) is 11.7. The van der Waals surface area contributed by atoms with Gasteiger partial charge in [-0.2, -0.15) is 0 Å². The molecule has 2 atom stereocenters. The van der Waals surface area contributed by atoms with Crippen molar-refractivity contribution in [3.8, 4) is 0 Å². The first kappa shape index (κ1) is 14.8. The lowest BCUT2D eigenvalue weighted by Crippen LogP contribution is -2.40. The van der Waals surface area contributed by atoms with Gasteiger partial charge in [0.25, 0.3) is 0 Å². The second-order valence-corrected chi connectivity index (χ2v) is 4.08. The molecule has 0 aromatic carbocycles. The molecule has 0 aromatic heterocycles. The molecule has 0 bridgehead atoms. The van der Waals surface area contributed by atoms with Crippen molar-refractivity contribution in [1.82, 2.24) is 0 Å². The van der Waals surface area contributed by atoms with Gasteiger partial charge in [0.15, 0.2) is 0 Å². The van der Waals surface area contributed by atoms with E-state index in [2.05, 4.69) is 13.8 Å². The summed E-state index contributed by atoms with van der Waals surface area (Å²) in [6, 6.07) is -0.100. The van der Waals surface area contributed by atoms with Crippen LogP contribution in [0.1, 0.15) is 27.2 Å². The van der Waals surface area contributed by atoms with E-state index in [0.29, 0.717) is 25.7 Å². The maximum absolute atomic E-state index is 9.12. The van der Waals surface area contributed by atoms with Gasteiger partial charge in [-0.05, 0) is 19.3 Å². The average Bonchev–Trinajstić information content (AvgIpc) is 2.16. The monoisotopic (exact) mass is 219 g/mol. The third-order valence-corrected chi connectivity index (χ3v) is 2.16. The molecule has 0 aliphatic heterocycles. The Morgan fingerprint density at radius 1 is 1.27 bits per heavy atom. The number of aliphatic hydroxyl groups is 1. The van der Waals surface area contributed by atoms with Crippen molar-refractivity contribution in [2.45, 2.75) is 39.3 Å². The summed E-state index contributed by atoms with van der Waals surface area (Å²) < 4.78 is 10.6. The molecule has 4 nitrogen and oxygen atoms in total. The molecule has 0 aromatic rings. The molecular weight excluding hydrogens is 194 g/mol. The summed E-state index contributed by atoms with van der Waals surface area (Å²) in [4.78, 5) is 0. The Morgan fingerprint density at radius 2 is 1.93 bits per heavy atom. The molecule has 92 valence electrons. The summed E-state index contributed by atoms with van der Waals surface area (Å²) in [6.07, 6.45) is 0.590. The Labute approximate surface area is 92.7 Å². The number of rotatable bonds is 9. The van der Waals surface area contributed by atoms with Crippen molar-refractivity contribution in [3.05, 3.63) is 0 Å². The van der Waals surface area contributed by atoms with Gasteiger partial charge >= 0.3 is 0 Å². The molecule has 0 rings (SSSR count). The van der Waals surface area contributed by atoms with Crippen LogP contribution in [0.2, 0.25) is 0 Å². The van der Waals surface area contributed by atoms with Gasteiger partial charge in [-0.1, -0.05) is 13.8 Å². The maximum atomic E-state index is 9.12. The van der Waals surface area contributed by atoms with E-state index in [1.807, 2.05) is 6.92 Å². The lowest BCUT2D eigenvalue weighted by Gasteiger charge is -2.23. The number of hydrogen-bond donors (Lipinski definition) is 2. The van der Waals surface area contributed by atoms with E-state index in [-0.39, 0.29) is 18.8 Å². The quantitative estimate of drug-likeness (QED) is 0.562. The summed E-state index contributed by atoms with van der Waals surface area (Å²) >= 11 is 0. The third-order valence-electron chi connectivity index (χ3n) is 2.16. The highest BCUT2D eigenvalue weighted by atomic mass is 16.5. The predicted molar refractivity (Wildman–Crippen MR) is 60.7 cm³/mol. The van der Waals surface area contributed by atoms with Gasteiger partial charge in [0.1, 0.15) is 0 Å². The maximum Gasteiger partial charge on any atom is 0.0957 e. The third kappa shape index (κ3) is 7.73. The molecule has 0 saturated carbocycles. The van der Waals surface area contributed by atoms with E-state index in [1.54, 1.807) is 0 Å². The van der Waals surface area contributed by atoms with E-state index in [1.165, 1.54) is 0 Å². The second-order valence-electron chi connectivity index (χ2n) is 4.08. The van der Waals surface area contributed by atoms with Crippen LogP contribution in [0.15, 0.2) is 0 Å². The topological polar surface area (TPSA) is 64.7 Å². The fourth-order valence-electron chi connectivity index (χ4n) is 1.41. The van der Waals surface area contributed by atoms with Crippen LogP contribution >= 0.6 is 0 Å². The Bertz CT molecular complexity index is 142. The van der Waals surface area contributed by atoms with Crippen LogP contribution in [0.25, 0.3) is 0 Å². The van der Waals surface area contributed by atoms with Gasteiger partial charge < -0.3 is 20.3 Å². The fourth-order valence-corrected chi connectivity index (χ4v) is 1.41. The summed E-state index contributed by atoms with van der Waals surface area (Å²) in [5.41, 5.74) is 5.92. The van der Waals surface area contributed by atoms with Crippen LogP contribution in [0.3, 0.4) is 0 Å². The number of hydrogen-bond acceptors (Lipinski definition) is 4. The van der Waals surface area contributed by atoms with Crippen molar-refractivity contribution >= 4 is 0 Å². The Kier molecular flexibility index (Phi) is 9.00. The Hall–Kier alpha value is -0.160. The summed E-state index contributed by atoms with van der Waals surface area (Å²) in [7, 11) is 0. The van der Waals surface area contributed by atoms with E-state index in [4.69, 9.17) is 20.3 Å². The molecule has 15 heavy (non-hydrogen) atoms. The van der Waals surface area contributed by atoms with Gasteiger partial charge in [0.05, 0.1) is 25.9 Å². The fraction of sp³-hybridized carbons (Fsp3) is 1.00. The van der Waals surface area contributed by atoms with Gasteiger partial charge in [-0.25, -0.2) is 0 Å². The van der Waals surface area contributed by atoms with Crippen molar-refractivity contribution in [2.75, 3.05) is 26.4 Å². The van der Waals surface area contributed by atoms with Crippen LogP contribution in [-0.2, 0) is 9.47 Å². The lowest BCUT2D eigenvalue weighted by molar-refractivity contribution is -0.0311. The molecule has 2 unspecified atom stereocenters. The van der Waals surface area contributed by atoms with Crippen molar-refractivity contribution in [2.24, 2.45) is 11.7 Å². The summed E-state index contributed by atoms with van der Waals surface area (Å²) in [5.74, 6) is 0.518. The zero-order valence-electron chi connectivity index (χ0n) is 10.1. The Morgan fingerprint density at radius 3 is 2.40 bits per heavy atom. The first-order valence-corrected chi connectivity index (χ1v) is 5.67. The summed E-state index contributed by atoms with van der Waals surface area (Å²) in [5, 5.41) is 9.12. The second kappa shape index (κ2) is 9.09. The van der Waals surface area contributed by atoms with Crippen molar-refractivity contribution in [3.63, 3.8) is 0 Å². The highest BCUT2D eigenvalue weighted by molar-refractivity contribution is 4.74. The van der Waals surface area contributed by atoms with Gasteiger partial charge in [0.2, 0.25) is 0 Å². The normalized spacial score (nSPS) is 15.6. The van der Waals surface area contributed by atoms with Crippen LogP contribution < -0.4 is 5.73 Å². The summed E-state index contributed by atoms with van der Waals surface area (Å²) in [6.45, 7) is 7.86. The standard InChI is InChI=1S/C11H25NO3/c1-4-14-5-6-15-11(8-13)10(12)7-9(2)3/h9-11,13H,4-8,12H2,1-3H3. The first-order chi connectivity index (χ1) is 7.11. The van der Waals surface area contributed by atoms with Gasteiger partial charge in [0, 0.05) is 12.6 Å². The highest BCUT2D eigenvalue weighted by Gasteiger charge is 2.18. The molecule has 0 aliphatic carbocycles. The van der Waals surface area contributed by atoms with Crippen LogP contribution in [0.5, 0.6) is 0 Å². The minimum absolute atomic E-state index is 0.0278. The number of aliphatic hydroxyl groups excluding tert-OH is 1. The molecule has 4 heteroatoms. The molecule has 3 N–H and O–H groups in total. The largest absolute Gasteiger partial charge is 0.394 e. The van der Waals surface area contributed by atoms with Crippen LogP contribution in [0.4, 0.5) is 0 Å². The highest BCUT2D eigenvalue weighted by Crippen LogP contribution is 2.08. The molecular formula is C11H25NO3. The minimum Gasteiger partial charge on any atom is -0.394 e. The van der Waals surface area contributed by atoms with Gasteiger partial charge in [-0.3, -0.25) is 0 Å². The van der Waals surface area contributed by atoms with E-state index >= 15 is 0 Å². The average molecular weight is 219 g/mol. The minimum atomic E-state index is -0.271. The Balaban J connectivity index is 3.70. The molecule has 0 aliphatic rings. The molecule has 0 saturated heterocycles. The molecule has 0 spiro atoms. The van der Waals surface area contributed by atoms with Crippen LogP contribution in [0, 0.1) is 5.92 Å². The van der Waals surface area contributed by atoms with E-state index < -0.39 is 0 Å². The molecule has 0 radical (unpaired) electrons. The molecule has 0 fully saturated rings. The van der Waals surface area contributed by atoms with Crippen molar-refractivity contribution in [1.29, 1.82) is 0 Å².